The van der Waals surface area contributed by atoms with Crippen LogP contribution >= 0.6 is 7.82 Å². The number of phosphoric ester groups is 1. The first kappa shape index (κ1) is 56.2. The molecule has 0 spiro atoms. The fraction of sp³-hybridized carbons (Fsp3) is 0.833. The molecule has 2 atom stereocenters. The van der Waals surface area contributed by atoms with Gasteiger partial charge in [0.1, 0.15) is 6.61 Å². The fourth-order valence-electron chi connectivity index (χ4n) is 6.66. The lowest BCUT2D eigenvalue weighted by Crippen LogP contribution is -2.29. The smallest absolute Gasteiger partial charge is 0.462 e. The summed E-state index contributed by atoms with van der Waals surface area (Å²) < 4.78 is 32.9. The maximum absolute atomic E-state index is 12.6. The van der Waals surface area contributed by atoms with Gasteiger partial charge in [0.25, 0.3) is 0 Å². The van der Waals surface area contributed by atoms with Gasteiger partial charge in [0, 0.05) is 19.4 Å². The molecule has 0 aromatic heterocycles. The second-order valence-corrected chi connectivity index (χ2v) is 17.4. The van der Waals surface area contributed by atoms with Crippen LogP contribution in [0.3, 0.4) is 0 Å². The Morgan fingerprint density at radius 3 is 1.34 bits per heavy atom. The van der Waals surface area contributed by atoms with Crippen LogP contribution in [0.25, 0.3) is 0 Å². The van der Waals surface area contributed by atoms with Crippen molar-refractivity contribution in [3.63, 3.8) is 0 Å². The highest BCUT2D eigenvalue weighted by Crippen LogP contribution is 2.43. The third-order valence-electron chi connectivity index (χ3n) is 10.2. The van der Waals surface area contributed by atoms with Crippen molar-refractivity contribution < 1.29 is 37.6 Å². The average molecular weight is 840 g/mol. The molecule has 0 radical (unpaired) electrons. The second-order valence-electron chi connectivity index (χ2n) is 16.0. The van der Waals surface area contributed by atoms with Crippen molar-refractivity contribution in [1.29, 1.82) is 0 Å². The number of nitrogens with two attached hydrogens (primary N) is 1. The number of rotatable bonds is 45. The lowest BCUT2D eigenvalue weighted by atomic mass is 10.1. The molecule has 0 rings (SSSR count). The molecule has 10 heteroatoms. The Hall–Kier alpha value is -1.77. The molecule has 0 heterocycles. The Labute approximate surface area is 356 Å². The summed E-state index contributed by atoms with van der Waals surface area (Å²) in [5.41, 5.74) is 5.36. The summed E-state index contributed by atoms with van der Waals surface area (Å²) in [4.78, 5) is 35.0. The molecule has 0 bridgehead atoms. The van der Waals surface area contributed by atoms with Crippen LogP contribution in [-0.4, -0.2) is 49.3 Å². The molecule has 2 unspecified atom stereocenters. The van der Waals surface area contributed by atoms with Gasteiger partial charge in [-0.05, 0) is 70.6 Å². The SMILES string of the molecule is CCCCCC/C=C\C/C=C\CCCCCCCCCC(=O)OC(COC(=O)CCCCCCCCCCC/C=C\CCCCCCCC)COP(=O)(O)OCCN. The van der Waals surface area contributed by atoms with E-state index in [1.807, 2.05) is 0 Å². The van der Waals surface area contributed by atoms with E-state index < -0.39 is 26.5 Å². The van der Waals surface area contributed by atoms with E-state index in [2.05, 4.69) is 50.3 Å². The van der Waals surface area contributed by atoms with E-state index in [4.69, 9.17) is 24.3 Å². The van der Waals surface area contributed by atoms with Crippen LogP contribution in [0.1, 0.15) is 226 Å². The normalized spacial score (nSPS) is 13.5. The predicted molar refractivity (Wildman–Crippen MR) is 243 cm³/mol. The van der Waals surface area contributed by atoms with Crippen molar-refractivity contribution >= 4 is 19.8 Å². The van der Waals surface area contributed by atoms with Crippen LogP contribution in [0, 0.1) is 0 Å². The van der Waals surface area contributed by atoms with Crippen LogP contribution in [-0.2, 0) is 32.7 Å². The zero-order chi connectivity index (χ0) is 42.5. The third-order valence-corrected chi connectivity index (χ3v) is 11.2. The monoisotopic (exact) mass is 840 g/mol. The molecule has 0 aliphatic carbocycles. The summed E-state index contributed by atoms with van der Waals surface area (Å²) in [7, 11) is -4.38. The number of phosphoric acid groups is 1. The number of allylic oxidation sites excluding steroid dienone is 6. The lowest BCUT2D eigenvalue weighted by molar-refractivity contribution is -0.161. The molecular weight excluding hydrogens is 750 g/mol. The molecule has 0 amide bonds. The van der Waals surface area contributed by atoms with Crippen molar-refractivity contribution in [1.82, 2.24) is 0 Å². The Morgan fingerprint density at radius 2 is 0.897 bits per heavy atom. The highest BCUT2D eigenvalue weighted by atomic mass is 31.2. The minimum absolute atomic E-state index is 0.0518. The van der Waals surface area contributed by atoms with Gasteiger partial charge in [-0.15, -0.1) is 0 Å². The van der Waals surface area contributed by atoms with E-state index in [0.717, 1.165) is 51.4 Å². The van der Waals surface area contributed by atoms with Crippen molar-refractivity contribution in [2.24, 2.45) is 5.73 Å². The quantitative estimate of drug-likeness (QED) is 0.0266. The zero-order valence-corrected chi connectivity index (χ0v) is 38.4. The Balaban J connectivity index is 4.10. The van der Waals surface area contributed by atoms with E-state index >= 15 is 0 Å². The minimum Gasteiger partial charge on any atom is -0.462 e. The number of esters is 2. The first-order valence-electron chi connectivity index (χ1n) is 24.0. The van der Waals surface area contributed by atoms with Crippen LogP contribution in [0.5, 0.6) is 0 Å². The van der Waals surface area contributed by atoms with Crippen LogP contribution < -0.4 is 5.73 Å². The number of hydrogen-bond donors (Lipinski definition) is 2. The Morgan fingerprint density at radius 1 is 0.517 bits per heavy atom. The number of unbranched alkanes of at least 4 members (excludes halogenated alkanes) is 26. The van der Waals surface area contributed by atoms with Gasteiger partial charge in [-0.25, -0.2) is 4.57 Å². The average Bonchev–Trinajstić information content (AvgIpc) is 3.21. The summed E-state index contributed by atoms with van der Waals surface area (Å²) in [6.07, 6.45) is 50.3. The molecular formula is C48H90NO8P. The molecule has 0 fully saturated rings. The van der Waals surface area contributed by atoms with Crippen molar-refractivity contribution in [2.45, 2.75) is 232 Å². The molecule has 0 aliphatic heterocycles. The fourth-order valence-corrected chi connectivity index (χ4v) is 7.43. The van der Waals surface area contributed by atoms with Crippen molar-refractivity contribution in [3.8, 4) is 0 Å². The topological polar surface area (TPSA) is 134 Å². The first-order valence-corrected chi connectivity index (χ1v) is 25.5. The van der Waals surface area contributed by atoms with Gasteiger partial charge >= 0.3 is 19.8 Å². The van der Waals surface area contributed by atoms with Crippen LogP contribution in [0.2, 0.25) is 0 Å². The van der Waals surface area contributed by atoms with Gasteiger partial charge in [-0.1, -0.05) is 179 Å². The summed E-state index contributed by atoms with van der Waals surface area (Å²) in [6, 6.07) is 0. The van der Waals surface area contributed by atoms with E-state index in [0.29, 0.717) is 6.42 Å². The highest BCUT2D eigenvalue weighted by Gasteiger charge is 2.26. The summed E-state index contributed by atoms with van der Waals surface area (Å²) in [5.74, 6) is -0.834. The highest BCUT2D eigenvalue weighted by molar-refractivity contribution is 7.47. The van der Waals surface area contributed by atoms with Gasteiger partial charge in [-0.2, -0.15) is 0 Å². The Bertz CT molecular complexity index is 1050. The van der Waals surface area contributed by atoms with Gasteiger partial charge < -0.3 is 20.1 Å². The van der Waals surface area contributed by atoms with Crippen molar-refractivity contribution in [3.05, 3.63) is 36.5 Å². The largest absolute Gasteiger partial charge is 0.472 e. The molecule has 0 saturated carbocycles. The van der Waals surface area contributed by atoms with Gasteiger partial charge in [-0.3, -0.25) is 18.6 Å². The minimum atomic E-state index is -4.38. The summed E-state index contributed by atoms with van der Waals surface area (Å²) in [5, 5.41) is 0. The predicted octanol–water partition coefficient (Wildman–Crippen LogP) is 14.1. The molecule has 0 aliphatic rings. The molecule has 340 valence electrons. The number of hydrogen-bond acceptors (Lipinski definition) is 8. The molecule has 9 nitrogen and oxygen atoms in total. The standard InChI is InChI=1S/C48H90NO8P/c1-3-5-7-9-11-13-15-17-19-21-23-25-26-28-30-32-34-36-38-40-47(50)54-44-46(45-56-58(52,53)55-43-42-49)57-48(51)41-39-37-35-33-31-29-27-24-22-20-18-16-14-12-10-8-6-4-2/h14,16-17,19-20,22,46H,3-13,15,18,21,23-45,49H2,1-2H3,(H,52,53)/b16-14-,19-17-,22-20-. The summed E-state index contributed by atoms with van der Waals surface area (Å²) in [6.45, 7) is 3.72. The second kappa shape index (κ2) is 44.8. The van der Waals surface area contributed by atoms with E-state index in [1.165, 1.54) is 141 Å². The van der Waals surface area contributed by atoms with E-state index in [1.54, 1.807) is 0 Å². The van der Waals surface area contributed by atoms with Crippen LogP contribution in [0.4, 0.5) is 0 Å². The van der Waals surface area contributed by atoms with Crippen molar-refractivity contribution in [2.75, 3.05) is 26.4 Å². The number of carbonyl (C=O) groups excluding carboxylic acids is 2. The maximum Gasteiger partial charge on any atom is 0.472 e. The number of carbonyl (C=O) groups is 2. The molecule has 58 heavy (non-hydrogen) atoms. The lowest BCUT2D eigenvalue weighted by Gasteiger charge is -2.19. The molecule has 3 N–H and O–H groups in total. The molecule has 0 aromatic carbocycles. The first-order chi connectivity index (χ1) is 28.3. The van der Waals surface area contributed by atoms with Crippen LogP contribution in [0.15, 0.2) is 36.5 Å². The summed E-state index contributed by atoms with van der Waals surface area (Å²) >= 11 is 0. The third kappa shape index (κ3) is 43.8. The van der Waals surface area contributed by atoms with E-state index in [9.17, 15) is 19.0 Å². The van der Waals surface area contributed by atoms with Gasteiger partial charge in [0.2, 0.25) is 0 Å². The molecule has 0 saturated heterocycles. The number of ether oxygens (including phenoxy) is 2. The van der Waals surface area contributed by atoms with Gasteiger partial charge in [0.15, 0.2) is 6.10 Å². The van der Waals surface area contributed by atoms with E-state index in [-0.39, 0.29) is 38.6 Å². The molecule has 0 aromatic rings. The van der Waals surface area contributed by atoms with Gasteiger partial charge in [0.05, 0.1) is 13.2 Å². The zero-order valence-electron chi connectivity index (χ0n) is 37.5. The maximum atomic E-state index is 12.6. The Kier molecular flexibility index (Phi) is 43.4.